The second-order valence-electron chi connectivity index (χ2n) is 5.73. The van der Waals surface area contributed by atoms with E-state index in [1.165, 1.54) is 5.56 Å². The summed E-state index contributed by atoms with van der Waals surface area (Å²) in [5.74, 6) is -1.06. The lowest BCUT2D eigenvalue weighted by molar-refractivity contribution is 0.0691. The van der Waals surface area contributed by atoms with E-state index >= 15 is 0 Å². The molecule has 0 saturated heterocycles. The van der Waals surface area contributed by atoms with E-state index in [1.54, 1.807) is 4.68 Å². The highest BCUT2D eigenvalue weighted by Crippen LogP contribution is 2.27. The van der Waals surface area contributed by atoms with Crippen molar-refractivity contribution in [1.29, 1.82) is 0 Å². The first kappa shape index (κ1) is 14.2. The maximum absolute atomic E-state index is 11.2. The summed E-state index contributed by atoms with van der Waals surface area (Å²) in [6.07, 6.45) is 0. The molecule has 0 spiro atoms. The Hall–Kier alpha value is -2.17. The van der Waals surface area contributed by atoms with Gasteiger partial charge < -0.3 is 5.11 Å². The van der Waals surface area contributed by atoms with E-state index in [-0.39, 0.29) is 11.1 Å². The minimum atomic E-state index is -1.06. The molecule has 1 aromatic carbocycles. The number of carboxylic acid groups (broad SMARTS) is 1. The fourth-order valence-corrected chi connectivity index (χ4v) is 2.09. The molecule has 2 rings (SSSR count). The molecule has 0 atom stereocenters. The summed E-state index contributed by atoms with van der Waals surface area (Å²) in [6, 6.07) is 7.90. The van der Waals surface area contributed by atoms with Crippen LogP contribution < -0.4 is 0 Å². The van der Waals surface area contributed by atoms with Gasteiger partial charge in [0.15, 0.2) is 5.69 Å². The number of hydrogen-bond donors (Lipinski definition) is 1. The molecule has 0 aliphatic heterocycles. The standard InChI is InChI=1S/C15H19N3O2/c1-5-18-13(12(14(19)20)16-17-18)10-6-8-11(9-7-10)15(2,3)4/h6-9H,5H2,1-4H3,(H,19,20). The van der Waals surface area contributed by atoms with Gasteiger partial charge in [-0.2, -0.15) is 0 Å². The van der Waals surface area contributed by atoms with Crippen LogP contribution in [0.15, 0.2) is 24.3 Å². The lowest BCUT2D eigenvalue weighted by atomic mass is 9.86. The van der Waals surface area contributed by atoms with Crippen LogP contribution in [-0.2, 0) is 12.0 Å². The Morgan fingerprint density at radius 2 is 1.85 bits per heavy atom. The van der Waals surface area contributed by atoms with Crippen molar-refractivity contribution >= 4 is 5.97 Å². The van der Waals surface area contributed by atoms with Gasteiger partial charge in [-0.15, -0.1) is 5.10 Å². The average Bonchev–Trinajstić information content (AvgIpc) is 2.81. The first-order valence-electron chi connectivity index (χ1n) is 6.62. The highest BCUT2D eigenvalue weighted by atomic mass is 16.4. The number of carboxylic acids is 1. The third kappa shape index (κ3) is 2.57. The molecule has 0 aliphatic carbocycles. The Kier molecular flexibility index (Phi) is 3.61. The molecule has 0 amide bonds. The maximum Gasteiger partial charge on any atom is 0.358 e. The van der Waals surface area contributed by atoms with Crippen molar-refractivity contribution in [3.8, 4) is 11.3 Å². The Balaban J connectivity index is 2.51. The normalized spacial score (nSPS) is 11.6. The molecule has 106 valence electrons. The van der Waals surface area contributed by atoms with Crippen LogP contribution in [-0.4, -0.2) is 26.1 Å². The minimum Gasteiger partial charge on any atom is -0.476 e. The Morgan fingerprint density at radius 3 is 2.30 bits per heavy atom. The van der Waals surface area contributed by atoms with Gasteiger partial charge in [0, 0.05) is 12.1 Å². The van der Waals surface area contributed by atoms with Crippen LogP contribution in [0.25, 0.3) is 11.3 Å². The van der Waals surface area contributed by atoms with Crippen LogP contribution in [0, 0.1) is 0 Å². The Morgan fingerprint density at radius 1 is 1.25 bits per heavy atom. The van der Waals surface area contributed by atoms with Gasteiger partial charge in [-0.25, -0.2) is 9.48 Å². The van der Waals surface area contributed by atoms with Crippen molar-refractivity contribution in [2.75, 3.05) is 0 Å². The van der Waals surface area contributed by atoms with Crippen molar-refractivity contribution in [3.05, 3.63) is 35.5 Å². The van der Waals surface area contributed by atoms with Gasteiger partial charge in [-0.1, -0.05) is 50.3 Å². The second-order valence-corrected chi connectivity index (χ2v) is 5.73. The predicted octanol–water partition coefficient (Wildman–Crippen LogP) is 2.96. The maximum atomic E-state index is 11.2. The van der Waals surface area contributed by atoms with Crippen molar-refractivity contribution in [2.24, 2.45) is 0 Å². The quantitative estimate of drug-likeness (QED) is 0.933. The summed E-state index contributed by atoms with van der Waals surface area (Å²) in [6.45, 7) is 8.91. The zero-order chi connectivity index (χ0) is 14.9. The zero-order valence-electron chi connectivity index (χ0n) is 12.2. The third-order valence-corrected chi connectivity index (χ3v) is 3.26. The van der Waals surface area contributed by atoms with Crippen molar-refractivity contribution in [2.45, 2.75) is 39.7 Å². The summed E-state index contributed by atoms with van der Waals surface area (Å²) in [7, 11) is 0. The van der Waals surface area contributed by atoms with E-state index in [9.17, 15) is 9.90 Å². The lowest BCUT2D eigenvalue weighted by Gasteiger charge is -2.19. The molecular weight excluding hydrogens is 254 g/mol. The van der Waals surface area contributed by atoms with Gasteiger partial charge in [0.2, 0.25) is 0 Å². The first-order valence-corrected chi connectivity index (χ1v) is 6.62. The van der Waals surface area contributed by atoms with Crippen LogP contribution in [0.4, 0.5) is 0 Å². The molecule has 5 heteroatoms. The van der Waals surface area contributed by atoms with Crippen molar-refractivity contribution in [1.82, 2.24) is 15.0 Å². The van der Waals surface area contributed by atoms with Crippen LogP contribution >= 0.6 is 0 Å². The highest BCUT2D eigenvalue weighted by molar-refractivity contribution is 5.92. The largest absolute Gasteiger partial charge is 0.476 e. The van der Waals surface area contributed by atoms with E-state index in [0.717, 1.165) is 5.56 Å². The number of aryl methyl sites for hydroxylation is 1. The van der Waals surface area contributed by atoms with E-state index < -0.39 is 5.97 Å². The molecule has 0 bridgehead atoms. The average molecular weight is 273 g/mol. The third-order valence-electron chi connectivity index (χ3n) is 3.26. The summed E-state index contributed by atoms with van der Waals surface area (Å²) in [5, 5.41) is 16.8. The Bertz CT molecular complexity index is 622. The summed E-state index contributed by atoms with van der Waals surface area (Å²) in [5.41, 5.74) is 2.64. The summed E-state index contributed by atoms with van der Waals surface area (Å²) in [4.78, 5) is 11.2. The molecule has 1 heterocycles. The van der Waals surface area contributed by atoms with Crippen molar-refractivity contribution < 1.29 is 9.90 Å². The lowest BCUT2D eigenvalue weighted by Crippen LogP contribution is -2.10. The molecule has 0 aliphatic rings. The molecule has 0 unspecified atom stereocenters. The summed E-state index contributed by atoms with van der Waals surface area (Å²) >= 11 is 0. The van der Waals surface area contributed by atoms with E-state index in [1.807, 2.05) is 31.2 Å². The van der Waals surface area contributed by atoms with Gasteiger partial charge in [0.1, 0.15) is 5.69 Å². The van der Waals surface area contributed by atoms with Gasteiger partial charge in [-0.3, -0.25) is 0 Å². The number of nitrogens with zero attached hydrogens (tertiary/aromatic N) is 3. The second kappa shape index (κ2) is 5.07. The number of aromatic nitrogens is 3. The van der Waals surface area contributed by atoms with Crippen LogP contribution in [0.5, 0.6) is 0 Å². The first-order chi connectivity index (χ1) is 9.34. The molecule has 0 radical (unpaired) electrons. The molecule has 2 aromatic rings. The number of carbonyl (C=O) groups is 1. The SMILES string of the molecule is CCn1nnc(C(=O)O)c1-c1ccc(C(C)(C)C)cc1. The van der Waals surface area contributed by atoms with Gasteiger partial charge in [0.25, 0.3) is 0 Å². The molecule has 0 fully saturated rings. The molecule has 5 nitrogen and oxygen atoms in total. The van der Waals surface area contributed by atoms with Gasteiger partial charge in [-0.05, 0) is 17.9 Å². The van der Waals surface area contributed by atoms with E-state index in [0.29, 0.717) is 12.2 Å². The fraction of sp³-hybridized carbons (Fsp3) is 0.400. The number of rotatable bonds is 3. The minimum absolute atomic E-state index is 0.00430. The van der Waals surface area contributed by atoms with Crippen molar-refractivity contribution in [3.63, 3.8) is 0 Å². The zero-order valence-corrected chi connectivity index (χ0v) is 12.2. The molecule has 1 aromatic heterocycles. The Labute approximate surface area is 118 Å². The smallest absolute Gasteiger partial charge is 0.358 e. The summed E-state index contributed by atoms with van der Waals surface area (Å²) < 4.78 is 1.61. The predicted molar refractivity (Wildman–Crippen MR) is 76.8 cm³/mol. The highest BCUT2D eigenvalue weighted by Gasteiger charge is 2.20. The molecule has 20 heavy (non-hydrogen) atoms. The topological polar surface area (TPSA) is 68.0 Å². The fourth-order valence-electron chi connectivity index (χ4n) is 2.09. The molecule has 1 N–H and O–H groups in total. The van der Waals surface area contributed by atoms with E-state index in [2.05, 4.69) is 31.1 Å². The van der Waals surface area contributed by atoms with E-state index in [4.69, 9.17) is 0 Å². The molecular formula is C15H19N3O2. The van der Waals surface area contributed by atoms with Crippen LogP contribution in [0.2, 0.25) is 0 Å². The van der Waals surface area contributed by atoms with Crippen LogP contribution in [0.3, 0.4) is 0 Å². The van der Waals surface area contributed by atoms with Crippen LogP contribution in [0.1, 0.15) is 43.7 Å². The molecule has 0 saturated carbocycles. The van der Waals surface area contributed by atoms with Gasteiger partial charge >= 0.3 is 5.97 Å². The number of aromatic carboxylic acids is 1. The number of benzene rings is 1. The monoisotopic (exact) mass is 273 g/mol. The number of hydrogen-bond acceptors (Lipinski definition) is 3. The van der Waals surface area contributed by atoms with Gasteiger partial charge in [0.05, 0.1) is 0 Å².